The summed E-state index contributed by atoms with van der Waals surface area (Å²) in [5.41, 5.74) is 4.24. The van der Waals surface area contributed by atoms with Crippen LogP contribution >= 0.6 is 0 Å². The van der Waals surface area contributed by atoms with E-state index in [1.165, 1.54) is 6.07 Å². The summed E-state index contributed by atoms with van der Waals surface area (Å²) in [4.78, 5) is 4.16. The molecule has 3 heteroatoms. The lowest BCUT2D eigenvalue weighted by Gasteiger charge is -2.20. The van der Waals surface area contributed by atoms with E-state index in [-0.39, 0.29) is 11.9 Å². The van der Waals surface area contributed by atoms with Crippen LogP contribution in [-0.4, -0.2) is 12.0 Å². The molecule has 2 nitrogen and oxygen atoms in total. The first kappa shape index (κ1) is 12.7. The number of aryl methyl sites for hydroxylation is 2. The molecule has 1 unspecified atom stereocenters. The average molecular weight is 244 g/mol. The number of nitrogens with zero attached hydrogens (tertiary/aromatic N) is 1. The van der Waals surface area contributed by atoms with Gasteiger partial charge in [-0.25, -0.2) is 4.39 Å². The summed E-state index contributed by atoms with van der Waals surface area (Å²) in [6.07, 6.45) is 3.60. The van der Waals surface area contributed by atoms with Gasteiger partial charge >= 0.3 is 0 Å². The summed E-state index contributed by atoms with van der Waals surface area (Å²) in [5, 5.41) is 3.24. The fourth-order valence-corrected chi connectivity index (χ4v) is 2.18. The predicted octanol–water partition coefficient (Wildman–Crippen LogP) is 3.15. The molecule has 0 fully saturated rings. The van der Waals surface area contributed by atoms with Gasteiger partial charge in [-0.05, 0) is 61.3 Å². The Morgan fingerprint density at radius 2 is 1.83 bits per heavy atom. The number of halogens is 1. The Morgan fingerprint density at radius 3 is 2.50 bits per heavy atom. The monoisotopic (exact) mass is 244 g/mol. The normalized spacial score (nSPS) is 12.4. The molecule has 1 N–H and O–H groups in total. The van der Waals surface area contributed by atoms with E-state index in [2.05, 4.69) is 10.3 Å². The van der Waals surface area contributed by atoms with Crippen molar-refractivity contribution in [3.63, 3.8) is 0 Å². The molecule has 94 valence electrons. The molecule has 0 saturated carbocycles. The average Bonchev–Trinajstić information content (AvgIpc) is 2.36. The second-order valence-corrected chi connectivity index (χ2v) is 4.45. The lowest BCUT2D eigenvalue weighted by molar-refractivity contribution is 0.614. The summed E-state index contributed by atoms with van der Waals surface area (Å²) in [5.74, 6) is -0.211. The van der Waals surface area contributed by atoms with Gasteiger partial charge in [-0.3, -0.25) is 4.98 Å². The Kier molecular flexibility index (Phi) is 3.72. The molecule has 0 radical (unpaired) electrons. The number of rotatable bonds is 3. The number of hydrogen-bond donors (Lipinski definition) is 1. The molecule has 1 atom stereocenters. The van der Waals surface area contributed by atoms with Gasteiger partial charge in [-0.2, -0.15) is 0 Å². The zero-order chi connectivity index (χ0) is 13.1. The Hall–Kier alpha value is -1.74. The Bertz CT molecular complexity index is 552. The fraction of sp³-hybridized carbons (Fsp3) is 0.267. The molecule has 2 rings (SSSR count). The van der Waals surface area contributed by atoms with Crippen molar-refractivity contribution in [3.8, 4) is 0 Å². The van der Waals surface area contributed by atoms with Gasteiger partial charge in [0.15, 0.2) is 0 Å². The van der Waals surface area contributed by atoms with E-state index in [9.17, 15) is 4.39 Å². The van der Waals surface area contributed by atoms with Crippen LogP contribution in [0.25, 0.3) is 0 Å². The van der Waals surface area contributed by atoms with E-state index in [0.717, 1.165) is 22.3 Å². The molecular formula is C15H17FN2. The van der Waals surface area contributed by atoms with Gasteiger partial charge in [0.05, 0.1) is 6.04 Å². The van der Waals surface area contributed by atoms with Crippen molar-refractivity contribution in [3.05, 3.63) is 64.7 Å². The Balaban J connectivity index is 2.52. The molecule has 1 heterocycles. The summed E-state index contributed by atoms with van der Waals surface area (Å²) in [6, 6.07) is 6.81. The van der Waals surface area contributed by atoms with Gasteiger partial charge in [-0.15, -0.1) is 0 Å². The van der Waals surface area contributed by atoms with Gasteiger partial charge in [-0.1, -0.05) is 6.07 Å². The lowest BCUT2D eigenvalue weighted by atomic mass is 9.93. The molecule has 0 spiro atoms. The van der Waals surface area contributed by atoms with Gasteiger partial charge in [0.2, 0.25) is 0 Å². The van der Waals surface area contributed by atoms with Crippen LogP contribution in [-0.2, 0) is 0 Å². The zero-order valence-electron chi connectivity index (χ0n) is 10.9. The van der Waals surface area contributed by atoms with Crippen LogP contribution in [0.4, 0.5) is 4.39 Å². The molecule has 1 aromatic carbocycles. The maximum absolute atomic E-state index is 13.4. The number of aromatic nitrogens is 1. The quantitative estimate of drug-likeness (QED) is 0.897. The molecule has 1 aromatic heterocycles. The zero-order valence-corrected chi connectivity index (χ0v) is 10.9. The first-order valence-corrected chi connectivity index (χ1v) is 5.97. The molecule has 0 aliphatic carbocycles. The lowest BCUT2D eigenvalue weighted by Crippen LogP contribution is -2.20. The Labute approximate surface area is 107 Å². The van der Waals surface area contributed by atoms with Crippen LogP contribution in [0.5, 0.6) is 0 Å². The molecule has 2 aromatic rings. The van der Waals surface area contributed by atoms with Crippen LogP contribution in [0.15, 0.2) is 36.7 Å². The predicted molar refractivity (Wildman–Crippen MR) is 71.0 cm³/mol. The van der Waals surface area contributed by atoms with Crippen molar-refractivity contribution in [2.24, 2.45) is 0 Å². The van der Waals surface area contributed by atoms with Crippen LogP contribution in [0.3, 0.4) is 0 Å². The van der Waals surface area contributed by atoms with Gasteiger partial charge in [0, 0.05) is 12.4 Å². The highest BCUT2D eigenvalue weighted by Gasteiger charge is 2.16. The van der Waals surface area contributed by atoms with Gasteiger partial charge in [0.1, 0.15) is 5.82 Å². The van der Waals surface area contributed by atoms with Crippen LogP contribution in [0.1, 0.15) is 28.3 Å². The number of pyridine rings is 1. The van der Waals surface area contributed by atoms with Crippen molar-refractivity contribution in [1.82, 2.24) is 10.3 Å². The number of hydrogen-bond acceptors (Lipinski definition) is 2. The van der Waals surface area contributed by atoms with Crippen LogP contribution in [0, 0.1) is 19.7 Å². The Morgan fingerprint density at radius 1 is 1.11 bits per heavy atom. The van der Waals surface area contributed by atoms with Crippen molar-refractivity contribution in [1.29, 1.82) is 0 Å². The first-order valence-electron chi connectivity index (χ1n) is 5.97. The van der Waals surface area contributed by atoms with Crippen molar-refractivity contribution < 1.29 is 4.39 Å². The third kappa shape index (κ3) is 2.41. The molecule has 0 aliphatic rings. The minimum absolute atomic E-state index is 0.0330. The van der Waals surface area contributed by atoms with Crippen molar-refractivity contribution >= 4 is 0 Å². The van der Waals surface area contributed by atoms with E-state index in [0.29, 0.717) is 0 Å². The minimum atomic E-state index is -0.211. The van der Waals surface area contributed by atoms with E-state index in [4.69, 9.17) is 0 Å². The SMILES string of the molecule is CNC(c1cnccc1C)c1cc(F)ccc1C. The number of nitrogens with one attached hydrogen (secondary N) is 1. The second kappa shape index (κ2) is 5.27. The smallest absolute Gasteiger partial charge is 0.123 e. The standard InChI is InChI=1S/C15H17FN2/c1-10-4-5-12(16)8-13(10)15(17-3)14-9-18-7-6-11(14)2/h4-9,15,17H,1-3H3. The highest BCUT2D eigenvalue weighted by Crippen LogP contribution is 2.26. The van der Waals surface area contributed by atoms with Gasteiger partial charge in [0.25, 0.3) is 0 Å². The molecule has 0 saturated heterocycles. The van der Waals surface area contributed by atoms with Crippen molar-refractivity contribution in [2.75, 3.05) is 7.05 Å². The highest BCUT2D eigenvalue weighted by molar-refractivity contribution is 5.39. The third-order valence-corrected chi connectivity index (χ3v) is 3.23. The van der Waals surface area contributed by atoms with Crippen LogP contribution < -0.4 is 5.32 Å². The second-order valence-electron chi connectivity index (χ2n) is 4.45. The topological polar surface area (TPSA) is 24.9 Å². The summed E-state index contributed by atoms with van der Waals surface area (Å²) in [7, 11) is 1.88. The third-order valence-electron chi connectivity index (χ3n) is 3.23. The largest absolute Gasteiger partial charge is 0.309 e. The first-order chi connectivity index (χ1) is 8.63. The van der Waals surface area contributed by atoms with Crippen molar-refractivity contribution in [2.45, 2.75) is 19.9 Å². The molecular weight excluding hydrogens is 227 g/mol. The minimum Gasteiger partial charge on any atom is -0.309 e. The van der Waals surface area contributed by atoms with Gasteiger partial charge < -0.3 is 5.32 Å². The fourth-order valence-electron chi connectivity index (χ4n) is 2.18. The van der Waals surface area contributed by atoms with E-state index < -0.39 is 0 Å². The summed E-state index contributed by atoms with van der Waals surface area (Å²) < 4.78 is 13.4. The summed E-state index contributed by atoms with van der Waals surface area (Å²) in [6.45, 7) is 4.03. The maximum atomic E-state index is 13.4. The summed E-state index contributed by atoms with van der Waals surface area (Å²) >= 11 is 0. The molecule has 0 amide bonds. The highest BCUT2D eigenvalue weighted by atomic mass is 19.1. The molecule has 0 aliphatic heterocycles. The van der Waals surface area contributed by atoms with E-state index in [1.807, 2.05) is 33.2 Å². The van der Waals surface area contributed by atoms with Crippen LogP contribution in [0.2, 0.25) is 0 Å². The van der Waals surface area contributed by atoms with E-state index in [1.54, 1.807) is 18.3 Å². The molecule has 18 heavy (non-hydrogen) atoms. The molecule has 0 bridgehead atoms. The maximum Gasteiger partial charge on any atom is 0.123 e. The number of benzene rings is 1. The van der Waals surface area contributed by atoms with E-state index >= 15 is 0 Å².